The molecule has 0 aromatic carbocycles. The molecule has 16 heavy (non-hydrogen) atoms. The number of nitrogens with one attached hydrogen (secondary N) is 1. The summed E-state index contributed by atoms with van der Waals surface area (Å²) < 4.78 is 11.3. The van der Waals surface area contributed by atoms with Crippen LogP contribution in [0.5, 0.6) is 0 Å². The molecular weight excluding hydrogens is 222 g/mol. The van der Waals surface area contributed by atoms with Crippen LogP contribution in [0.2, 0.25) is 0 Å². The maximum Gasteiger partial charge on any atom is 0.131 e. The van der Waals surface area contributed by atoms with Crippen LogP contribution in [-0.4, -0.2) is 40.3 Å². The van der Waals surface area contributed by atoms with Gasteiger partial charge in [0.25, 0.3) is 0 Å². The van der Waals surface area contributed by atoms with Gasteiger partial charge in [-0.15, -0.1) is 0 Å². The number of anilines is 2. The summed E-state index contributed by atoms with van der Waals surface area (Å²) in [5.74, 6) is 3.40. The summed E-state index contributed by atoms with van der Waals surface area (Å²) in [6.45, 7) is 4.61. The predicted molar refractivity (Wildman–Crippen MR) is 68.5 cm³/mol. The Bertz CT molecular complexity index is 373. The summed E-state index contributed by atoms with van der Waals surface area (Å²) in [6.07, 6.45) is 0. The van der Waals surface area contributed by atoms with Gasteiger partial charge < -0.3 is 10.2 Å². The van der Waals surface area contributed by atoms with E-state index in [1.165, 1.54) is 0 Å². The molecule has 0 bridgehead atoms. The minimum atomic E-state index is -0.628. The largest absolute Gasteiger partial charge is 0.370 e. The Hall–Kier alpha value is -1.10. The average Bonchev–Trinajstić information content (AvgIpc) is 2.31. The summed E-state index contributed by atoms with van der Waals surface area (Å²) >= 11 is 0. The monoisotopic (exact) mass is 239 g/mol. The zero-order valence-corrected chi connectivity index (χ0v) is 10.3. The molecule has 1 aromatic heterocycles. The van der Waals surface area contributed by atoms with Crippen LogP contribution >= 0.6 is 0 Å². The Morgan fingerprint density at radius 3 is 2.88 bits per heavy atom. The highest BCUT2D eigenvalue weighted by molar-refractivity contribution is 7.85. The second-order valence-electron chi connectivity index (χ2n) is 3.75. The molecule has 0 saturated carbocycles. The summed E-state index contributed by atoms with van der Waals surface area (Å²) in [4.78, 5) is 6.72. The van der Waals surface area contributed by atoms with Crippen LogP contribution in [0.25, 0.3) is 0 Å². The number of pyridine rings is 1. The highest BCUT2D eigenvalue weighted by Gasteiger charge is 2.16. The van der Waals surface area contributed by atoms with Crippen molar-refractivity contribution in [3.05, 3.63) is 18.2 Å². The summed E-state index contributed by atoms with van der Waals surface area (Å²) in [5, 5.41) is 3.20. The molecule has 2 rings (SSSR count). The predicted octanol–water partition coefficient (Wildman–Crippen LogP) is 1.08. The van der Waals surface area contributed by atoms with E-state index >= 15 is 0 Å². The molecule has 2 heterocycles. The smallest absolute Gasteiger partial charge is 0.131 e. The van der Waals surface area contributed by atoms with Crippen LogP contribution in [0.15, 0.2) is 18.2 Å². The van der Waals surface area contributed by atoms with Gasteiger partial charge in [-0.25, -0.2) is 4.98 Å². The third-order valence-corrected chi connectivity index (χ3v) is 3.87. The zero-order valence-electron chi connectivity index (χ0n) is 9.48. The highest BCUT2D eigenvalue weighted by Crippen LogP contribution is 2.15. The van der Waals surface area contributed by atoms with Crippen molar-refractivity contribution in [3.63, 3.8) is 0 Å². The second-order valence-corrected chi connectivity index (χ2v) is 5.44. The standard InChI is InChI=1S/C11H17N3OS/c1-2-12-10-4-3-5-11(13-10)14-6-8-16(15)9-7-14/h3-5H,2,6-9H2,1H3,(H,12,13). The molecule has 1 N–H and O–H groups in total. The molecule has 1 fully saturated rings. The van der Waals surface area contributed by atoms with Crippen molar-refractivity contribution in [2.75, 3.05) is 41.4 Å². The lowest BCUT2D eigenvalue weighted by Crippen LogP contribution is -2.38. The lowest BCUT2D eigenvalue weighted by atomic mass is 10.4. The zero-order chi connectivity index (χ0) is 11.4. The van der Waals surface area contributed by atoms with E-state index in [2.05, 4.69) is 22.1 Å². The van der Waals surface area contributed by atoms with E-state index in [0.717, 1.165) is 42.8 Å². The van der Waals surface area contributed by atoms with Crippen LogP contribution in [0.1, 0.15) is 6.92 Å². The first-order valence-corrected chi connectivity index (χ1v) is 7.09. The SMILES string of the molecule is CCNc1cccc(N2CCS(=O)CC2)n1. The van der Waals surface area contributed by atoms with Crippen LogP contribution in [0.4, 0.5) is 11.6 Å². The molecule has 88 valence electrons. The molecule has 1 aliphatic rings. The van der Waals surface area contributed by atoms with Crippen molar-refractivity contribution >= 4 is 22.4 Å². The second kappa shape index (κ2) is 5.30. The minimum Gasteiger partial charge on any atom is -0.370 e. The normalized spacial score (nSPS) is 17.4. The number of nitrogens with zero attached hydrogens (tertiary/aromatic N) is 2. The van der Waals surface area contributed by atoms with E-state index in [-0.39, 0.29) is 0 Å². The molecule has 0 radical (unpaired) electrons. The van der Waals surface area contributed by atoms with E-state index in [1.54, 1.807) is 0 Å². The van der Waals surface area contributed by atoms with E-state index in [1.807, 2.05) is 18.2 Å². The Kier molecular flexibility index (Phi) is 3.77. The van der Waals surface area contributed by atoms with Crippen molar-refractivity contribution in [2.24, 2.45) is 0 Å². The summed E-state index contributed by atoms with van der Waals surface area (Å²) in [5.41, 5.74) is 0. The van der Waals surface area contributed by atoms with E-state index in [9.17, 15) is 4.21 Å². The fraction of sp³-hybridized carbons (Fsp3) is 0.545. The quantitative estimate of drug-likeness (QED) is 0.857. The molecule has 0 spiro atoms. The van der Waals surface area contributed by atoms with Gasteiger partial charge in [0, 0.05) is 41.9 Å². The first kappa shape index (κ1) is 11.4. The highest BCUT2D eigenvalue weighted by atomic mass is 32.2. The number of rotatable bonds is 3. The van der Waals surface area contributed by atoms with Gasteiger partial charge in [0.1, 0.15) is 11.6 Å². The van der Waals surface area contributed by atoms with Gasteiger partial charge >= 0.3 is 0 Å². The van der Waals surface area contributed by atoms with Gasteiger partial charge in [-0.2, -0.15) is 0 Å². The Morgan fingerprint density at radius 1 is 1.44 bits per heavy atom. The third kappa shape index (κ3) is 2.72. The topological polar surface area (TPSA) is 45.2 Å². The Labute approximate surface area is 98.5 Å². The van der Waals surface area contributed by atoms with Crippen molar-refractivity contribution in [1.82, 2.24) is 4.98 Å². The van der Waals surface area contributed by atoms with E-state index in [4.69, 9.17) is 0 Å². The Morgan fingerprint density at radius 2 is 2.19 bits per heavy atom. The Balaban J connectivity index is 2.08. The van der Waals surface area contributed by atoms with Gasteiger partial charge in [-0.1, -0.05) is 6.07 Å². The first-order chi connectivity index (χ1) is 7.79. The van der Waals surface area contributed by atoms with Crippen molar-refractivity contribution < 1.29 is 4.21 Å². The number of aromatic nitrogens is 1. The molecule has 1 aromatic rings. The average molecular weight is 239 g/mol. The molecule has 0 amide bonds. The molecule has 4 nitrogen and oxygen atoms in total. The van der Waals surface area contributed by atoms with E-state index < -0.39 is 10.8 Å². The van der Waals surface area contributed by atoms with Crippen LogP contribution in [0, 0.1) is 0 Å². The molecule has 1 aliphatic heterocycles. The van der Waals surface area contributed by atoms with Crippen molar-refractivity contribution in [3.8, 4) is 0 Å². The summed E-state index contributed by atoms with van der Waals surface area (Å²) in [7, 11) is -0.628. The fourth-order valence-corrected chi connectivity index (χ4v) is 2.80. The van der Waals surface area contributed by atoms with Gasteiger partial charge in [-0.3, -0.25) is 4.21 Å². The first-order valence-electron chi connectivity index (χ1n) is 5.60. The molecule has 5 heteroatoms. The lowest BCUT2D eigenvalue weighted by molar-refractivity contribution is 0.672. The van der Waals surface area contributed by atoms with Crippen molar-refractivity contribution in [1.29, 1.82) is 0 Å². The molecule has 1 saturated heterocycles. The molecular formula is C11H17N3OS. The number of hydrogen-bond donors (Lipinski definition) is 1. The molecule has 0 unspecified atom stereocenters. The molecule has 0 atom stereocenters. The number of hydrogen-bond acceptors (Lipinski definition) is 4. The van der Waals surface area contributed by atoms with Crippen LogP contribution in [-0.2, 0) is 10.8 Å². The maximum atomic E-state index is 11.3. The van der Waals surface area contributed by atoms with E-state index in [0.29, 0.717) is 0 Å². The van der Waals surface area contributed by atoms with Gasteiger partial charge in [0.15, 0.2) is 0 Å². The van der Waals surface area contributed by atoms with Gasteiger partial charge in [0.05, 0.1) is 0 Å². The van der Waals surface area contributed by atoms with Gasteiger partial charge in [-0.05, 0) is 19.1 Å². The van der Waals surface area contributed by atoms with Gasteiger partial charge in [0.2, 0.25) is 0 Å². The van der Waals surface area contributed by atoms with Crippen molar-refractivity contribution in [2.45, 2.75) is 6.92 Å². The minimum absolute atomic E-state index is 0.628. The lowest BCUT2D eigenvalue weighted by Gasteiger charge is -2.27. The maximum absolute atomic E-state index is 11.3. The van der Waals surface area contributed by atoms with Crippen LogP contribution < -0.4 is 10.2 Å². The van der Waals surface area contributed by atoms with Crippen LogP contribution in [0.3, 0.4) is 0 Å². The summed E-state index contributed by atoms with van der Waals surface area (Å²) in [6, 6.07) is 5.98. The third-order valence-electron chi connectivity index (χ3n) is 2.59. The molecule has 0 aliphatic carbocycles. The fourth-order valence-electron chi connectivity index (χ4n) is 1.75.